The Morgan fingerprint density at radius 1 is 1.17 bits per heavy atom. The fourth-order valence-corrected chi connectivity index (χ4v) is 2.94. The first-order valence-electron chi connectivity index (χ1n) is 7.09. The highest BCUT2D eigenvalue weighted by molar-refractivity contribution is 7.91. The molecule has 0 radical (unpaired) electrons. The minimum absolute atomic E-state index is 0.0529. The molecule has 0 atom stereocenters. The van der Waals surface area contributed by atoms with Crippen molar-refractivity contribution in [2.75, 3.05) is 17.6 Å². The first-order chi connectivity index (χ1) is 10.5. The Morgan fingerprint density at radius 3 is 2.22 bits per heavy atom. The van der Waals surface area contributed by atoms with E-state index in [1.165, 1.54) is 31.2 Å². The summed E-state index contributed by atoms with van der Waals surface area (Å²) in [4.78, 5) is 22.6. The Balaban J connectivity index is 2.62. The molecule has 0 spiro atoms. The smallest absolute Gasteiger partial charge is 0.221 e. The maximum Gasteiger partial charge on any atom is 0.221 e. The van der Waals surface area contributed by atoms with Crippen LogP contribution in [0.1, 0.15) is 27.2 Å². The molecule has 0 aliphatic carbocycles. The molecular formula is C15H22N2O5S. The molecule has 0 aliphatic heterocycles. The average Bonchev–Trinajstić information content (AvgIpc) is 2.42. The van der Waals surface area contributed by atoms with E-state index in [0.717, 1.165) is 0 Å². The zero-order chi connectivity index (χ0) is 17.7. The minimum Gasteiger partial charge on any atom is -0.389 e. The van der Waals surface area contributed by atoms with Gasteiger partial charge in [-0.15, -0.1) is 0 Å². The van der Waals surface area contributed by atoms with Gasteiger partial charge in [-0.1, -0.05) is 0 Å². The molecule has 0 aliphatic rings. The highest BCUT2D eigenvalue weighted by Crippen LogP contribution is 2.16. The summed E-state index contributed by atoms with van der Waals surface area (Å²) in [7, 11) is -3.59. The van der Waals surface area contributed by atoms with Gasteiger partial charge in [0.25, 0.3) is 0 Å². The topological polar surface area (TPSA) is 113 Å². The number of nitrogens with one attached hydrogen (secondary N) is 2. The molecule has 1 aromatic rings. The normalized spacial score (nSPS) is 11.8. The van der Waals surface area contributed by atoms with E-state index in [-0.39, 0.29) is 29.5 Å². The van der Waals surface area contributed by atoms with Crippen LogP contribution in [0.4, 0.5) is 5.69 Å². The molecule has 0 bridgehead atoms. The van der Waals surface area contributed by atoms with Crippen molar-refractivity contribution in [3.63, 3.8) is 0 Å². The molecule has 8 heteroatoms. The van der Waals surface area contributed by atoms with Crippen molar-refractivity contribution in [3.8, 4) is 0 Å². The number of hydrogen-bond donors (Lipinski definition) is 3. The van der Waals surface area contributed by atoms with Gasteiger partial charge >= 0.3 is 0 Å². The van der Waals surface area contributed by atoms with Crippen molar-refractivity contribution < 1.29 is 23.1 Å². The molecule has 1 aromatic carbocycles. The number of carbonyl (C=O) groups excluding carboxylic acids is 2. The summed E-state index contributed by atoms with van der Waals surface area (Å²) >= 11 is 0. The zero-order valence-corrected chi connectivity index (χ0v) is 14.2. The predicted molar refractivity (Wildman–Crippen MR) is 86.7 cm³/mol. The van der Waals surface area contributed by atoms with Crippen LogP contribution in [0.5, 0.6) is 0 Å². The first kappa shape index (κ1) is 19.1. The van der Waals surface area contributed by atoms with Crippen LogP contribution in [0.2, 0.25) is 0 Å². The van der Waals surface area contributed by atoms with Crippen molar-refractivity contribution in [2.45, 2.75) is 37.7 Å². The third kappa shape index (κ3) is 7.25. The van der Waals surface area contributed by atoms with Gasteiger partial charge in [0.1, 0.15) is 0 Å². The maximum absolute atomic E-state index is 12.2. The van der Waals surface area contributed by atoms with Crippen molar-refractivity contribution in [2.24, 2.45) is 0 Å². The number of sulfone groups is 1. The van der Waals surface area contributed by atoms with E-state index >= 15 is 0 Å². The van der Waals surface area contributed by atoms with E-state index in [0.29, 0.717) is 5.69 Å². The number of benzene rings is 1. The second kappa shape index (κ2) is 7.56. The van der Waals surface area contributed by atoms with Gasteiger partial charge in [0.2, 0.25) is 11.8 Å². The zero-order valence-electron chi connectivity index (χ0n) is 13.4. The molecular weight excluding hydrogens is 320 g/mol. The lowest BCUT2D eigenvalue weighted by molar-refractivity contribution is -0.121. The van der Waals surface area contributed by atoms with E-state index < -0.39 is 21.3 Å². The average molecular weight is 342 g/mol. The Bertz CT molecular complexity index is 660. The second-order valence-corrected chi connectivity index (χ2v) is 7.97. The predicted octanol–water partition coefficient (Wildman–Crippen LogP) is 0.696. The Morgan fingerprint density at radius 2 is 1.74 bits per heavy atom. The monoisotopic (exact) mass is 342 g/mol. The van der Waals surface area contributed by atoms with Gasteiger partial charge in [0, 0.05) is 25.6 Å². The largest absolute Gasteiger partial charge is 0.389 e. The molecule has 23 heavy (non-hydrogen) atoms. The molecule has 1 rings (SSSR count). The minimum atomic E-state index is -3.59. The van der Waals surface area contributed by atoms with E-state index in [1.807, 2.05) is 0 Å². The quantitative estimate of drug-likeness (QED) is 0.675. The fourth-order valence-electron chi connectivity index (χ4n) is 1.70. The molecule has 2 amide bonds. The number of aliphatic hydroxyl groups is 1. The summed E-state index contributed by atoms with van der Waals surface area (Å²) in [6.45, 7) is 4.50. The van der Waals surface area contributed by atoms with Crippen LogP contribution in [0.15, 0.2) is 29.2 Å². The van der Waals surface area contributed by atoms with Crippen LogP contribution in [0.3, 0.4) is 0 Å². The van der Waals surface area contributed by atoms with Crippen LogP contribution in [0, 0.1) is 0 Å². The number of anilines is 1. The van der Waals surface area contributed by atoms with Gasteiger partial charge in [-0.25, -0.2) is 8.42 Å². The highest BCUT2D eigenvalue weighted by atomic mass is 32.2. The Labute approximate surface area is 136 Å². The Kier molecular flexibility index (Phi) is 6.28. The van der Waals surface area contributed by atoms with E-state index in [9.17, 15) is 23.1 Å². The summed E-state index contributed by atoms with van der Waals surface area (Å²) in [5, 5.41) is 14.5. The van der Waals surface area contributed by atoms with Gasteiger partial charge in [-0.2, -0.15) is 0 Å². The van der Waals surface area contributed by atoms with E-state index in [4.69, 9.17) is 0 Å². The third-order valence-corrected chi connectivity index (χ3v) is 4.58. The first-order valence-corrected chi connectivity index (χ1v) is 8.74. The van der Waals surface area contributed by atoms with Crippen LogP contribution in [-0.2, 0) is 19.4 Å². The molecule has 0 unspecified atom stereocenters. The Hall–Kier alpha value is -1.93. The lowest BCUT2D eigenvalue weighted by Gasteiger charge is -2.17. The van der Waals surface area contributed by atoms with Gasteiger partial charge in [-0.3, -0.25) is 9.59 Å². The van der Waals surface area contributed by atoms with Crippen molar-refractivity contribution in [1.29, 1.82) is 0 Å². The van der Waals surface area contributed by atoms with Crippen LogP contribution in [-0.4, -0.2) is 43.2 Å². The lowest BCUT2D eigenvalue weighted by atomic mass is 10.1. The molecule has 0 heterocycles. The van der Waals surface area contributed by atoms with Gasteiger partial charge < -0.3 is 15.7 Å². The number of rotatable bonds is 7. The SMILES string of the molecule is CC(=O)Nc1ccc(S(=O)(=O)CCC(=O)NCC(C)(C)O)cc1. The molecule has 3 N–H and O–H groups in total. The number of carbonyl (C=O) groups is 2. The van der Waals surface area contributed by atoms with Gasteiger partial charge in [0.05, 0.1) is 16.2 Å². The lowest BCUT2D eigenvalue weighted by Crippen LogP contribution is -2.38. The summed E-state index contributed by atoms with van der Waals surface area (Å²) in [5.41, 5.74) is -0.548. The number of hydrogen-bond acceptors (Lipinski definition) is 5. The van der Waals surface area contributed by atoms with Crippen molar-refractivity contribution in [1.82, 2.24) is 5.32 Å². The molecule has 7 nitrogen and oxygen atoms in total. The third-order valence-electron chi connectivity index (χ3n) is 2.85. The van der Waals surface area contributed by atoms with Crippen LogP contribution >= 0.6 is 0 Å². The molecule has 128 valence electrons. The van der Waals surface area contributed by atoms with Crippen LogP contribution < -0.4 is 10.6 Å². The highest BCUT2D eigenvalue weighted by Gasteiger charge is 2.18. The van der Waals surface area contributed by atoms with Crippen molar-refractivity contribution in [3.05, 3.63) is 24.3 Å². The second-order valence-electron chi connectivity index (χ2n) is 5.86. The molecule has 0 fully saturated rings. The molecule has 0 saturated carbocycles. The molecule has 0 aromatic heterocycles. The van der Waals surface area contributed by atoms with Gasteiger partial charge in [0.15, 0.2) is 9.84 Å². The maximum atomic E-state index is 12.2. The molecule has 0 saturated heterocycles. The number of amides is 2. The fraction of sp³-hybridized carbons (Fsp3) is 0.467. The summed E-state index contributed by atoms with van der Waals surface area (Å²) < 4.78 is 24.3. The van der Waals surface area contributed by atoms with Crippen molar-refractivity contribution >= 4 is 27.3 Å². The van der Waals surface area contributed by atoms with Crippen LogP contribution in [0.25, 0.3) is 0 Å². The summed E-state index contributed by atoms with van der Waals surface area (Å²) in [5.74, 6) is -1.01. The van der Waals surface area contributed by atoms with Gasteiger partial charge in [-0.05, 0) is 38.1 Å². The summed E-state index contributed by atoms with van der Waals surface area (Å²) in [6.07, 6.45) is -0.189. The van der Waals surface area contributed by atoms with E-state index in [2.05, 4.69) is 10.6 Å². The van der Waals surface area contributed by atoms with E-state index in [1.54, 1.807) is 13.8 Å². The standard InChI is InChI=1S/C15H22N2O5S/c1-11(18)17-12-4-6-13(7-5-12)23(21,22)9-8-14(19)16-10-15(2,3)20/h4-7,20H,8-10H2,1-3H3,(H,16,19)(H,17,18). The summed E-state index contributed by atoms with van der Waals surface area (Å²) in [6, 6.07) is 5.75.